The maximum absolute atomic E-state index is 6.09. The van der Waals surface area contributed by atoms with E-state index in [1.165, 1.54) is 0 Å². The molecule has 1 aliphatic heterocycles. The number of ether oxygens (including phenoxy) is 1. The van der Waals surface area contributed by atoms with Crippen molar-refractivity contribution in [2.24, 2.45) is 0 Å². The van der Waals surface area contributed by atoms with Crippen LogP contribution in [-0.2, 0) is 9.31 Å². The van der Waals surface area contributed by atoms with E-state index in [0.717, 1.165) is 16.8 Å². The Hall–Kier alpha value is -2.12. The van der Waals surface area contributed by atoms with E-state index >= 15 is 0 Å². The van der Waals surface area contributed by atoms with Gasteiger partial charge in [-0.15, -0.1) is 0 Å². The van der Waals surface area contributed by atoms with Gasteiger partial charge in [-0.1, -0.05) is 12.1 Å². The highest BCUT2D eigenvalue weighted by molar-refractivity contribution is 6.62. The van der Waals surface area contributed by atoms with Gasteiger partial charge in [0.05, 0.1) is 24.4 Å². The van der Waals surface area contributed by atoms with E-state index in [1.54, 1.807) is 7.11 Å². The third kappa shape index (κ3) is 3.80. The average molecular weight is 369 g/mol. The Bertz CT molecular complexity index is 762. The van der Waals surface area contributed by atoms with E-state index < -0.39 is 7.12 Å². The molecule has 3 rings (SSSR count). The van der Waals surface area contributed by atoms with Crippen LogP contribution in [0.1, 0.15) is 46.2 Å². The fourth-order valence-electron chi connectivity index (χ4n) is 2.91. The van der Waals surface area contributed by atoms with Crippen molar-refractivity contribution in [1.29, 1.82) is 0 Å². The van der Waals surface area contributed by atoms with E-state index in [1.807, 2.05) is 71.4 Å². The Morgan fingerprint density at radius 2 is 1.67 bits per heavy atom. The minimum atomic E-state index is -0.398. The van der Waals surface area contributed by atoms with Gasteiger partial charge in [-0.2, -0.15) is 0 Å². The molecule has 0 amide bonds. The van der Waals surface area contributed by atoms with Crippen molar-refractivity contribution in [1.82, 2.24) is 9.97 Å². The fraction of sp³-hybridized carbons (Fsp3) is 0.500. The summed E-state index contributed by atoms with van der Waals surface area (Å²) in [6.07, 6.45) is 3.66. The zero-order chi connectivity index (χ0) is 19.8. The van der Waals surface area contributed by atoms with Gasteiger partial charge in [0.2, 0.25) is 5.88 Å². The Balaban J connectivity index is 1.73. The van der Waals surface area contributed by atoms with Crippen molar-refractivity contribution in [3.8, 4) is 5.88 Å². The lowest BCUT2D eigenvalue weighted by atomic mass is 9.80. The molecule has 0 N–H and O–H groups in total. The normalized spacial score (nSPS) is 19.0. The molecule has 3 heterocycles. The number of rotatable bonds is 5. The number of aromatic nitrogens is 2. The van der Waals surface area contributed by atoms with Crippen LogP contribution in [0.5, 0.6) is 5.88 Å². The van der Waals surface area contributed by atoms with Crippen LogP contribution >= 0.6 is 0 Å². The van der Waals surface area contributed by atoms with Crippen LogP contribution in [0.25, 0.3) is 0 Å². The maximum Gasteiger partial charge on any atom is 0.496 e. The summed E-state index contributed by atoms with van der Waals surface area (Å²) >= 11 is 0. The second-order valence-corrected chi connectivity index (χ2v) is 7.96. The summed E-state index contributed by atoms with van der Waals surface area (Å²) in [5.41, 5.74) is 1.30. The van der Waals surface area contributed by atoms with Crippen molar-refractivity contribution < 1.29 is 14.0 Å². The monoisotopic (exact) mass is 369 g/mol. The van der Waals surface area contributed by atoms with Crippen LogP contribution < -0.4 is 15.1 Å². The Kier molecular flexibility index (Phi) is 5.19. The van der Waals surface area contributed by atoms with Crippen molar-refractivity contribution >= 4 is 18.4 Å². The molecule has 1 fully saturated rings. The molecule has 0 unspecified atom stereocenters. The SMILES string of the molecule is COc1ccc([C@H](C)N(C)c2ccc(B3OC(C)(C)C(C)(C)O3)cn2)cn1. The number of anilines is 1. The number of nitrogens with zero attached hydrogens (tertiary/aromatic N) is 3. The molecule has 1 saturated heterocycles. The predicted octanol–water partition coefficient (Wildman–Crippen LogP) is 2.98. The summed E-state index contributed by atoms with van der Waals surface area (Å²) in [7, 11) is 3.24. The molecule has 0 aromatic carbocycles. The Morgan fingerprint density at radius 3 is 2.15 bits per heavy atom. The lowest BCUT2D eigenvalue weighted by molar-refractivity contribution is 0.00578. The quantitative estimate of drug-likeness (QED) is 0.756. The van der Waals surface area contributed by atoms with Crippen molar-refractivity contribution in [3.63, 3.8) is 0 Å². The molecule has 2 aromatic rings. The van der Waals surface area contributed by atoms with Gasteiger partial charge in [0.25, 0.3) is 0 Å². The first-order valence-corrected chi connectivity index (χ1v) is 9.19. The Labute approximate surface area is 162 Å². The largest absolute Gasteiger partial charge is 0.496 e. The van der Waals surface area contributed by atoms with Gasteiger partial charge in [0.15, 0.2) is 0 Å². The highest BCUT2D eigenvalue weighted by Crippen LogP contribution is 2.36. The van der Waals surface area contributed by atoms with Crippen LogP contribution in [0, 0.1) is 0 Å². The maximum atomic E-state index is 6.09. The number of hydrogen-bond donors (Lipinski definition) is 0. The summed E-state index contributed by atoms with van der Waals surface area (Å²) < 4.78 is 17.3. The molecule has 27 heavy (non-hydrogen) atoms. The second kappa shape index (κ2) is 7.13. The van der Waals surface area contributed by atoms with Crippen LogP contribution in [0.15, 0.2) is 36.7 Å². The lowest BCUT2D eigenvalue weighted by Crippen LogP contribution is -2.41. The van der Waals surface area contributed by atoms with Gasteiger partial charge >= 0.3 is 7.12 Å². The molecule has 6 nitrogen and oxygen atoms in total. The van der Waals surface area contributed by atoms with E-state index in [0.29, 0.717) is 5.88 Å². The molecule has 0 radical (unpaired) electrons. The first-order valence-electron chi connectivity index (χ1n) is 9.19. The molecule has 1 atom stereocenters. The molecule has 144 valence electrons. The molecule has 2 aromatic heterocycles. The predicted molar refractivity (Wildman–Crippen MR) is 108 cm³/mol. The molecule has 7 heteroatoms. The van der Waals surface area contributed by atoms with E-state index in [-0.39, 0.29) is 17.2 Å². The van der Waals surface area contributed by atoms with Gasteiger partial charge in [-0.3, -0.25) is 0 Å². The van der Waals surface area contributed by atoms with Gasteiger partial charge in [-0.25, -0.2) is 9.97 Å². The second-order valence-electron chi connectivity index (χ2n) is 7.96. The number of hydrogen-bond acceptors (Lipinski definition) is 6. The minimum absolute atomic E-state index is 0.124. The van der Waals surface area contributed by atoms with Gasteiger partial charge < -0.3 is 18.9 Å². The minimum Gasteiger partial charge on any atom is -0.481 e. The van der Waals surface area contributed by atoms with Crippen molar-refractivity contribution in [2.75, 3.05) is 19.1 Å². The zero-order valence-electron chi connectivity index (χ0n) is 17.2. The first kappa shape index (κ1) is 19.6. The fourth-order valence-corrected chi connectivity index (χ4v) is 2.91. The highest BCUT2D eigenvalue weighted by Gasteiger charge is 2.51. The third-order valence-electron chi connectivity index (χ3n) is 5.69. The summed E-state index contributed by atoms with van der Waals surface area (Å²) in [5.74, 6) is 1.48. The summed E-state index contributed by atoms with van der Waals surface area (Å²) in [5, 5.41) is 0. The van der Waals surface area contributed by atoms with Gasteiger partial charge in [0, 0.05) is 31.0 Å². The van der Waals surface area contributed by atoms with E-state index in [9.17, 15) is 0 Å². The standard InChI is InChI=1S/C20H28BN3O3/c1-14(15-8-11-18(25-7)23-12-15)24(6)17-10-9-16(13-22-17)21-26-19(2,3)20(4,5)27-21/h8-14H,1-7H3/t14-/m0/s1. The summed E-state index contributed by atoms with van der Waals surface area (Å²) in [6, 6.07) is 8.02. The lowest BCUT2D eigenvalue weighted by Gasteiger charge is -2.32. The van der Waals surface area contributed by atoms with Crippen molar-refractivity contribution in [3.05, 3.63) is 42.2 Å². The third-order valence-corrected chi connectivity index (χ3v) is 5.69. The van der Waals surface area contributed by atoms with Crippen LogP contribution in [0.3, 0.4) is 0 Å². The zero-order valence-corrected chi connectivity index (χ0v) is 17.2. The highest BCUT2D eigenvalue weighted by atomic mass is 16.7. The summed E-state index contributed by atoms with van der Waals surface area (Å²) in [6.45, 7) is 10.3. The summed E-state index contributed by atoms with van der Waals surface area (Å²) in [4.78, 5) is 11.0. The number of pyridine rings is 2. The smallest absolute Gasteiger partial charge is 0.481 e. The topological polar surface area (TPSA) is 56.7 Å². The van der Waals surface area contributed by atoms with E-state index in [2.05, 4.69) is 21.8 Å². The first-order chi connectivity index (χ1) is 12.6. The molecule has 0 saturated carbocycles. The van der Waals surface area contributed by atoms with E-state index in [4.69, 9.17) is 14.0 Å². The van der Waals surface area contributed by atoms with Gasteiger partial charge in [-0.05, 0) is 46.2 Å². The van der Waals surface area contributed by atoms with Crippen molar-refractivity contribution in [2.45, 2.75) is 51.9 Å². The number of methoxy groups -OCH3 is 1. The van der Waals surface area contributed by atoms with Crippen LogP contribution in [-0.4, -0.2) is 42.4 Å². The Morgan fingerprint density at radius 1 is 1.00 bits per heavy atom. The molecular formula is C20H28BN3O3. The molecule has 1 aliphatic rings. The van der Waals surface area contributed by atoms with Gasteiger partial charge in [0.1, 0.15) is 5.82 Å². The molecule has 0 aliphatic carbocycles. The van der Waals surface area contributed by atoms with Crippen LogP contribution in [0.4, 0.5) is 5.82 Å². The molecular weight excluding hydrogens is 341 g/mol. The average Bonchev–Trinajstić information content (AvgIpc) is 2.88. The molecule has 0 bridgehead atoms. The van der Waals surface area contributed by atoms with Crippen LogP contribution in [0.2, 0.25) is 0 Å². The molecule has 0 spiro atoms.